The highest BCUT2D eigenvalue weighted by molar-refractivity contribution is 6.37. The molecule has 0 aliphatic heterocycles. The van der Waals surface area contributed by atoms with Gasteiger partial charge in [0.2, 0.25) is 5.78 Å². The number of aryl methyl sites for hydroxylation is 1. The third kappa shape index (κ3) is 1.28. The molecule has 0 radical (unpaired) electrons. The van der Waals surface area contributed by atoms with Crippen LogP contribution in [0, 0.1) is 0 Å². The number of fused-ring (bicyclic) bond motifs is 2. The fourth-order valence-electron chi connectivity index (χ4n) is 2.76. The van der Waals surface area contributed by atoms with Crippen LogP contribution in [0.3, 0.4) is 0 Å². The number of nitrogens with zero attached hydrogens (tertiary/aromatic N) is 2. The van der Waals surface area contributed by atoms with Gasteiger partial charge in [-0.25, -0.2) is 0 Å². The highest BCUT2D eigenvalue weighted by Crippen LogP contribution is 2.36. The molecule has 0 saturated carbocycles. The molecule has 0 spiro atoms. The molecular formula is C15H9ClN2O. The molecule has 92 valence electrons. The lowest BCUT2D eigenvalue weighted by atomic mass is 9.95. The van der Waals surface area contributed by atoms with Gasteiger partial charge in [0.15, 0.2) is 0 Å². The molecule has 0 N–H and O–H groups in total. The summed E-state index contributed by atoms with van der Waals surface area (Å²) in [4.78, 5) is 12.0. The van der Waals surface area contributed by atoms with Crippen LogP contribution in [0.25, 0.3) is 27.8 Å². The van der Waals surface area contributed by atoms with E-state index in [2.05, 4.69) is 5.10 Å². The summed E-state index contributed by atoms with van der Waals surface area (Å²) in [5, 5.41) is 8.08. The molecule has 1 aliphatic rings. The molecule has 3 aromatic rings. The Balaban J connectivity index is 2.35. The minimum atomic E-state index is -0.00104. The maximum Gasteiger partial charge on any atom is 0.204 e. The van der Waals surface area contributed by atoms with Crippen LogP contribution < -0.4 is 0 Å². The Hall–Kier alpha value is -2.13. The Bertz CT molecular complexity index is 906. The standard InChI is InChI=1S/C15H9ClN2O/c1-18-15-12(19)6-5-8-7-10-9(3-2-4-11(10)16)14(17-18)13(8)15/h2-7H,1H3. The lowest BCUT2D eigenvalue weighted by molar-refractivity contribution is 0.104. The third-order valence-corrected chi connectivity index (χ3v) is 3.92. The number of hydrogen-bond acceptors (Lipinski definition) is 2. The quantitative estimate of drug-likeness (QED) is 0.624. The molecule has 2 aromatic carbocycles. The van der Waals surface area contributed by atoms with E-state index in [-0.39, 0.29) is 5.78 Å². The number of benzene rings is 2. The molecule has 0 fully saturated rings. The van der Waals surface area contributed by atoms with E-state index in [0.717, 1.165) is 27.2 Å². The van der Waals surface area contributed by atoms with Gasteiger partial charge in [-0.1, -0.05) is 29.8 Å². The summed E-state index contributed by atoms with van der Waals surface area (Å²) in [6, 6.07) is 7.78. The zero-order valence-electron chi connectivity index (χ0n) is 10.1. The normalized spacial score (nSPS) is 13.7. The Labute approximate surface area is 114 Å². The van der Waals surface area contributed by atoms with Gasteiger partial charge in [0.05, 0.1) is 0 Å². The second-order valence-electron chi connectivity index (χ2n) is 4.69. The maximum absolute atomic E-state index is 12.0. The van der Waals surface area contributed by atoms with Crippen molar-refractivity contribution in [2.75, 3.05) is 0 Å². The van der Waals surface area contributed by atoms with Crippen LogP contribution in [-0.4, -0.2) is 15.6 Å². The van der Waals surface area contributed by atoms with E-state index >= 15 is 0 Å². The molecule has 1 aliphatic carbocycles. The predicted octanol–water partition coefficient (Wildman–Crippen LogP) is 3.59. The molecule has 0 atom stereocenters. The summed E-state index contributed by atoms with van der Waals surface area (Å²) in [5.41, 5.74) is 2.48. The molecular weight excluding hydrogens is 260 g/mol. The fraction of sp³-hybridized carbons (Fsp3) is 0.0667. The van der Waals surface area contributed by atoms with Gasteiger partial charge in [-0.3, -0.25) is 9.48 Å². The zero-order chi connectivity index (χ0) is 13.1. The third-order valence-electron chi connectivity index (χ3n) is 3.59. The van der Waals surface area contributed by atoms with Crippen LogP contribution >= 0.6 is 11.6 Å². The van der Waals surface area contributed by atoms with E-state index in [1.807, 2.05) is 30.3 Å². The summed E-state index contributed by atoms with van der Waals surface area (Å²) >= 11 is 6.25. The average molecular weight is 269 g/mol. The molecule has 4 rings (SSSR count). The highest BCUT2D eigenvalue weighted by Gasteiger charge is 2.22. The maximum atomic E-state index is 12.0. The van der Waals surface area contributed by atoms with E-state index in [1.165, 1.54) is 0 Å². The number of allylic oxidation sites excluding steroid dienone is 1. The lowest BCUT2D eigenvalue weighted by Crippen LogP contribution is -2.06. The smallest absolute Gasteiger partial charge is 0.204 e. The van der Waals surface area contributed by atoms with Crippen LogP contribution in [-0.2, 0) is 7.05 Å². The van der Waals surface area contributed by atoms with Crippen molar-refractivity contribution in [3.05, 3.63) is 46.6 Å². The van der Waals surface area contributed by atoms with Crippen molar-refractivity contribution >= 4 is 45.1 Å². The van der Waals surface area contributed by atoms with E-state index in [1.54, 1.807) is 17.8 Å². The Morgan fingerprint density at radius 3 is 2.89 bits per heavy atom. The van der Waals surface area contributed by atoms with Gasteiger partial charge in [-0.05, 0) is 23.8 Å². The average Bonchev–Trinajstić information content (AvgIpc) is 2.74. The fourth-order valence-corrected chi connectivity index (χ4v) is 2.99. The van der Waals surface area contributed by atoms with Crippen molar-refractivity contribution in [2.45, 2.75) is 0 Å². The predicted molar refractivity (Wildman–Crippen MR) is 76.6 cm³/mol. The van der Waals surface area contributed by atoms with Gasteiger partial charge in [-0.15, -0.1) is 0 Å². The molecule has 1 aromatic heterocycles. The summed E-state index contributed by atoms with van der Waals surface area (Å²) in [5.74, 6) is -0.00104. The van der Waals surface area contributed by atoms with Crippen LogP contribution in [0.5, 0.6) is 0 Å². The molecule has 3 nitrogen and oxygen atoms in total. The molecule has 0 bridgehead atoms. The van der Waals surface area contributed by atoms with Crippen molar-refractivity contribution in [2.24, 2.45) is 7.05 Å². The Morgan fingerprint density at radius 1 is 1.21 bits per heavy atom. The van der Waals surface area contributed by atoms with Gasteiger partial charge in [0.1, 0.15) is 11.2 Å². The first kappa shape index (κ1) is 10.8. The first-order valence-corrected chi connectivity index (χ1v) is 6.35. The molecule has 0 amide bonds. The molecule has 0 unspecified atom stereocenters. The van der Waals surface area contributed by atoms with Gasteiger partial charge in [-0.2, -0.15) is 5.10 Å². The summed E-state index contributed by atoms with van der Waals surface area (Å²) < 4.78 is 1.65. The van der Waals surface area contributed by atoms with E-state index in [4.69, 9.17) is 11.6 Å². The van der Waals surface area contributed by atoms with Crippen LogP contribution in [0.2, 0.25) is 5.02 Å². The van der Waals surface area contributed by atoms with Gasteiger partial charge < -0.3 is 0 Å². The largest absolute Gasteiger partial charge is 0.288 e. The second kappa shape index (κ2) is 3.45. The van der Waals surface area contributed by atoms with Gasteiger partial charge in [0, 0.05) is 28.2 Å². The zero-order valence-corrected chi connectivity index (χ0v) is 10.9. The van der Waals surface area contributed by atoms with Gasteiger partial charge >= 0.3 is 0 Å². The van der Waals surface area contributed by atoms with Crippen LogP contribution in [0.15, 0.2) is 30.3 Å². The van der Waals surface area contributed by atoms with Crippen LogP contribution in [0.1, 0.15) is 16.1 Å². The van der Waals surface area contributed by atoms with Crippen molar-refractivity contribution in [3.8, 4) is 0 Å². The summed E-state index contributed by atoms with van der Waals surface area (Å²) in [6.07, 6.45) is 3.42. The number of halogens is 1. The first-order chi connectivity index (χ1) is 9.16. The number of carbonyl (C=O) groups is 1. The summed E-state index contributed by atoms with van der Waals surface area (Å²) in [7, 11) is 1.80. The Kier molecular flexibility index (Phi) is 1.96. The molecule has 1 heterocycles. The van der Waals surface area contributed by atoms with Crippen molar-refractivity contribution in [1.29, 1.82) is 0 Å². The summed E-state index contributed by atoms with van der Waals surface area (Å²) in [6.45, 7) is 0. The number of rotatable bonds is 0. The number of ketones is 1. The number of aromatic nitrogens is 2. The van der Waals surface area contributed by atoms with E-state index in [9.17, 15) is 4.79 Å². The number of carbonyl (C=O) groups excluding carboxylic acids is 1. The molecule has 0 saturated heterocycles. The second-order valence-corrected chi connectivity index (χ2v) is 5.10. The molecule has 19 heavy (non-hydrogen) atoms. The monoisotopic (exact) mass is 268 g/mol. The Morgan fingerprint density at radius 2 is 2.05 bits per heavy atom. The SMILES string of the molecule is Cn1nc2c3c(cc4c(Cl)cccc42)C=CC(=O)c31. The van der Waals surface area contributed by atoms with Crippen molar-refractivity contribution < 1.29 is 4.79 Å². The number of hydrogen-bond donors (Lipinski definition) is 0. The minimum Gasteiger partial charge on any atom is -0.288 e. The van der Waals surface area contributed by atoms with Crippen molar-refractivity contribution in [1.82, 2.24) is 9.78 Å². The minimum absolute atomic E-state index is 0.00104. The van der Waals surface area contributed by atoms with Crippen molar-refractivity contribution in [3.63, 3.8) is 0 Å². The highest BCUT2D eigenvalue weighted by atomic mass is 35.5. The van der Waals surface area contributed by atoms with E-state index < -0.39 is 0 Å². The van der Waals surface area contributed by atoms with Gasteiger partial charge in [0.25, 0.3) is 0 Å². The lowest BCUT2D eigenvalue weighted by Gasteiger charge is -2.08. The molecule has 4 heteroatoms. The first-order valence-electron chi connectivity index (χ1n) is 5.97. The van der Waals surface area contributed by atoms with E-state index in [0.29, 0.717) is 10.7 Å². The topological polar surface area (TPSA) is 34.9 Å². The van der Waals surface area contributed by atoms with Crippen LogP contribution in [0.4, 0.5) is 0 Å².